The van der Waals surface area contributed by atoms with Crippen LogP contribution in [0.25, 0.3) is 10.9 Å². The maximum absolute atomic E-state index is 12.3. The first-order valence-corrected chi connectivity index (χ1v) is 11.5. The number of rotatable bonds is 6. The Hall–Kier alpha value is -5.18. The highest BCUT2D eigenvalue weighted by atomic mass is 16.5. The zero-order chi connectivity index (χ0) is 25.0. The number of fused-ring (bicyclic) bond motifs is 1. The first-order valence-electron chi connectivity index (χ1n) is 11.5. The van der Waals surface area contributed by atoms with Crippen LogP contribution in [0.5, 0.6) is 5.75 Å². The van der Waals surface area contributed by atoms with Gasteiger partial charge in [-0.15, -0.1) is 0 Å². The summed E-state index contributed by atoms with van der Waals surface area (Å²) >= 11 is 0. The van der Waals surface area contributed by atoms with Crippen molar-refractivity contribution in [2.24, 2.45) is 0 Å². The number of aromatic nitrogens is 1. The summed E-state index contributed by atoms with van der Waals surface area (Å²) in [5.74, 6) is 12.5. The largest absolute Gasteiger partial charge is 0.494 e. The minimum atomic E-state index is -0.124. The van der Waals surface area contributed by atoms with Crippen LogP contribution in [0.15, 0.2) is 91.0 Å². The standard InChI is InChI=1S/C31H23N3O2/c32-23-27-14-6-5-12-25(27)11-4-2-1-3-10-24-16-18-28(19-17-24)36-21-9-20-33-31(35)30-22-26-13-7-8-15-29(26)34-30/h1-2,5-8,12-19,22,34H,9,20-21H2,(H,33,35)/b2-1-. The summed E-state index contributed by atoms with van der Waals surface area (Å²) < 4.78 is 5.75. The van der Waals surface area contributed by atoms with Gasteiger partial charge < -0.3 is 15.0 Å². The number of para-hydroxylation sites is 1. The van der Waals surface area contributed by atoms with Gasteiger partial charge in [-0.25, -0.2) is 0 Å². The van der Waals surface area contributed by atoms with Crippen molar-refractivity contribution in [3.8, 4) is 35.5 Å². The van der Waals surface area contributed by atoms with Gasteiger partial charge in [0.05, 0.1) is 12.2 Å². The van der Waals surface area contributed by atoms with Gasteiger partial charge in [0.2, 0.25) is 0 Å². The van der Waals surface area contributed by atoms with Gasteiger partial charge in [0.15, 0.2) is 0 Å². The van der Waals surface area contributed by atoms with Crippen molar-refractivity contribution in [3.63, 3.8) is 0 Å². The van der Waals surface area contributed by atoms with Crippen LogP contribution in [0.4, 0.5) is 0 Å². The fourth-order valence-corrected chi connectivity index (χ4v) is 3.41. The van der Waals surface area contributed by atoms with E-state index in [1.165, 1.54) is 0 Å². The molecule has 0 aliphatic carbocycles. The molecule has 0 fully saturated rings. The zero-order valence-electron chi connectivity index (χ0n) is 19.5. The number of carbonyl (C=O) groups excluding carboxylic acids is 1. The maximum atomic E-state index is 12.3. The summed E-state index contributed by atoms with van der Waals surface area (Å²) in [4.78, 5) is 15.4. The molecule has 0 unspecified atom stereocenters. The molecule has 0 radical (unpaired) electrons. The van der Waals surface area contributed by atoms with E-state index >= 15 is 0 Å². The fourth-order valence-electron chi connectivity index (χ4n) is 3.41. The van der Waals surface area contributed by atoms with Crippen molar-refractivity contribution in [1.82, 2.24) is 10.3 Å². The Kier molecular flexibility index (Phi) is 8.21. The van der Waals surface area contributed by atoms with Crippen molar-refractivity contribution in [2.45, 2.75) is 6.42 Å². The van der Waals surface area contributed by atoms with E-state index in [1.807, 2.05) is 72.8 Å². The Labute approximate surface area is 210 Å². The number of nitrogens with one attached hydrogen (secondary N) is 2. The molecule has 0 atom stereocenters. The van der Waals surface area contributed by atoms with E-state index in [1.54, 1.807) is 18.2 Å². The normalized spacial score (nSPS) is 10.1. The van der Waals surface area contributed by atoms with Crippen LogP contribution in [0, 0.1) is 35.0 Å². The molecule has 174 valence electrons. The lowest BCUT2D eigenvalue weighted by molar-refractivity contribution is 0.0947. The molecule has 2 N–H and O–H groups in total. The number of H-pyrrole nitrogens is 1. The van der Waals surface area contributed by atoms with Crippen LogP contribution in [0.3, 0.4) is 0 Å². The van der Waals surface area contributed by atoms with E-state index in [9.17, 15) is 4.79 Å². The highest BCUT2D eigenvalue weighted by Crippen LogP contribution is 2.14. The minimum absolute atomic E-state index is 0.124. The second-order valence-electron chi connectivity index (χ2n) is 7.78. The van der Waals surface area contributed by atoms with Crippen LogP contribution < -0.4 is 10.1 Å². The summed E-state index contributed by atoms with van der Waals surface area (Å²) in [6.45, 7) is 1.02. The monoisotopic (exact) mass is 469 g/mol. The molecule has 1 heterocycles. The molecular weight excluding hydrogens is 446 g/mol. The number of allylic oxidation sites excluding steroid dienone is 2. The summed E-state index contributed by atoms with van der Waals surface area (Å²) in [6, 6.07) is 26.5. The van der Waals surface area contributed by atoms with E-state index in [2.05, 4.69) is 40.1 Å². The number of nitrogens with zero attached hydrogens (tertiary/aromatic N) is 1. The highest BCUT2D eigenvalue weighted by molar-refractivity contribution is 5.97. The quantitative estimate of drug-likeness (QED) is 0.301. The molecule has 0 saturated heterocycles. The van der Waals surface area contributed by atoms with Crippen molar-refractivity contribution in [3.05, 3.63) is 113 Å². The lowest BCUT2D eigenvalue weighted by atomic mass is 10.1. The Morgan fingerprint density at radius 3 is 2.42 bits per heavy atom. The molecule has 5 nitrogen and oxygen atoms in total. The number of hydrogen-bond donors (Lipinski definition) is 2. The molecule has 0 aliphatic rings. The Morgan fingerprint density at radius 1 is 0.917 bits per heavy atom. The molecule has 4 rings (SSSR count). The number of amides is 1. The van der Waals surface area contributed by atoms with Gasteiger partial charge in [0, 0.05) is 28.6 Å². The number of ether oxygens (including phenoxy) is 1. The summed E-state index contributed by atoms with van der Waals surface area (Å²) in [5.41, 5.74) is 3.62. The molecular formula is C31H23N3O2. The van der Waals surface area contributed by atoms with Gasteiger partial charge in [-0.3, -0.25) is 4.79 Å². The molecule has 36 heavy (non-hydrogen) atoms. The van der Waals surface area contributed by atoms with Crippen molar-refractivity contribution in [1.29, 1.82) is 5.26 Å². The molecule has 0 aliphatic heterocycles. The van der Waals surface area contributed by atoms with E-state index in [-0.39, 0.29) is 5.91 Å². The van der Waals surface area contributed by atoms with E-state index in [0.29, 0.717) is 36.4 Å². The molecule has 5 heteroatoms. The first-order chi connectivity index (χ1) is 17.7. The third-order valence-electron chi connectivity index (χ3n) is 5.23. The summed E-state index contributed by atoms with van der Waals surface area (Å²) in [6.07, 6.45) is 4.03. The molecule has 1 amide bonds. The molecule has 3 aromatic carbocycles. The first kappa shape index (κ1) is 24.0. The second-order valence-corrected chi connectivity index (χ2v) is 7.78. The van der Waals surface area contributed by atoms with Crippen molar-refractivity contribution < 1.29 is 9.53 Å². The third kappa shape index (κ3) is 6.67. The highest BCUT2D eigenvalue weighted by Gasteiger charge is 2.08. The van der Waals surface area contributed by atoms with Gasteiger partial charge in [0.25, 0.3) is 5.91 Å². The van der Waals surface area contributed by atoms with Gasteiger partial charge >= 0.3 is 0 Å². The van der Waals surface area contributed by atoms with Gasteiger partial charge in [-0.05, 0) is 67.1 Å². The predicted molar refractivity (Wildman–Crippen MR) is 141 cm³/mol. The van der Waals surface area contributed by atoms with Gasteiger partial charge in [0.1, 0.15) is 17.5 Å². The van der Waals surface area contributed by atoms with Crippen molar-refractivity contribution >= 4 is 16.8 Å². The number of nitriles is 1. The summed E-state index contributed by atoms with van der Waals surface area (Å²) in [5, 5.41) is 13.0. The van der Waals surface area contributed by atoms with Crippen LogP contribution >= 0.6 is 0 Å². The van der Waals surface area contributed by atoms with Crippen LogP contribution in [0.1, 0.15) is 33.6 Å². The number of benzene rings is 3. The number of carbonyl (C=O) groups is 1. The lowest BCUT2D eigenvalue weighted by Gasteiger charge is -2.07. The van der Waals surface area contributed by atoms with E-state index in [0.717, 1.165) is 22.2 Å². The maximum Gasteiger partial charge on any atom is 0.267 e. The topological polar surface area (TPSA) is 77.9 Å². The zero-order valence-corrected chi connectivity index (χ0v) is 19.5. The summed E-state index contributed by atoms with van der Waals surface area (Å²) in [7, 11) is 0. The average Bonchev–Trinajstić information content (AvgIpc) is 3.36. The minimum Gasteiger partial charge on any atom is -0.494 e. The lowest BCUT2D eigenvalue weighted by Crippen LogP contribution is -2.25. The second kappa shape index (κ2) is 12.3. The number of aromatic amines is 1. The number of hydrogen-bond acceptors (Lipinski definition) is 3. The van der Waals surface area contributed by atoms with Gasteiger partial charge in [-0.2, -0.15) is 5.26 Å². The van der Waals surface area contributed by atoms with Crippen LogP contribution in [-0.4, -0.2) is 24.0 Å². The predicted octanol–water partition coefficient (Wildman–Crippen LogP) is 5.20. The Balaban J connectivity index is 1.17. The van der Waals surface area contributed by atoms with Crippen LogP contribution in [0.2, 0.25) is 0 Å². The molecule has 0 saturated carbocycles. The van der Waals surface area contributed by atoms with Gasteiger partial charge in [-0.1, -0.05) is 54.0 Å². The van der Waals surface area contributed by atoms with Crippen LogP contribution in [-0.2, 0) is 0 Å². The third-order valence-corrected chi connectivity index (χ3v) is 5.23. The molecule has 0 bridgehead atoms. The molecule has 1 aromatic heterocycles. The average molecular weight is 470 g/mol. The van der Waals surface area contributed by atoms with Crippen molar-refractivity contribution in [2.75, 3.05) is 13.2 Å². The SMILES string of the molecule is N#Cc1ccccc1C#C/C=C\C#Cc1ccc(OCCCNC(=O)c2cc3ccccc3[nH]2)cc1. The fraction of sp³-hybridized carbons (Fsp3) is 0.0968. The van der Waals surface area contributed by atoms with E-state index < -0.39 is 0 Å². The van der Waals surface area contributed by atoms with E-state index in [4.69, 9.17) is 10.00 Å². The Bertz CT molecular complexity index is 1520. The molecule has 0 spiro atoms. The smallest absolute Gasteiger partial charge is 0.267 e. The Morgan fingerprint density at radius 2 is 1.64 bits per heavy atom. The molecule has 4 aromatic rings.